The summed E-state index contributed by atoms with van der Waals surface area (Å²) in [6.45, 7) is 4.58. The van der Waals surface area contributed by atoms with Gasteiger partial charge in [-0.2, -0.15) is 0 Å². The molecule has 21 rings (SSSR count). The van der Waals surface area contributed by atoms with Crippen LogP contribution in [0.1, 0.15) is 47.7 Å². The van der Waals surface area contributed by atoms with E-state index >= 15 is 0 Å². The molecule has 3 radical (unpaired) electrons. The third-order valence-electron chi connectivity index (χ3n) is 19.7. The molecule has 1 unspecified atom stereocenters. The quantitative estimate of drug-likeness (QED) is 0.0733. The minimum Gasteiger partial charge on any atom is -0.501 e. The Morgan fingerprint density at radius 3 is 1.19 bits per heavy atom. The predicted octanol–water partition coefficient (Wildman–Crippen LogP) is 27.5. The Morgan fingerprint density at radius 1 is 0.328 bits per heavy atom. The summed E-state index contributed by atoms with van der Waals surface area (Å²) in [4.78, 5) is 34.9. The third kappa shape index (κ3) is 21.0. The summed E-state index contributed by atoms with van der Waals surface area (Å²) in [5, 5.41) is 5.81. The van der Waals surface area contributed by atoms with Crippen molar-refractivity contribution in [3.05, 3.63) is 422 Å². The molecule has 10 aromatic carbocycles. The molecule has 125 heavy (non-hydrogen) atoms. The number of rotatable bonds is 10. The fraction of sp³-hybridized carbons (Fsp3) is 0.0566. The van der Waals surface area contributed by atoms with Crippen LogP contribution in [0.3, 0.4) is 0 Å². The van der Waals surface area contributed by atoms with Gasteiger partial charge in [-0.25, -0.2) is 31.9 Å². The third-order valence-corrected chi connectivity index (χ3v) is 19.7. The molecule has 0 aliphatic heterocycles. The predicted molar refractivity (Wildman–Crippen MR) is 473 cm³/mol. The van der Waals surface area contributed by atoms with Crippen LogP contribution < -0.4 is 0 Å². The second-order valence-electron chi connectivity index (χ2n) is 28.0. The first-order valence-electron chi connectivity index (χ1n) is 40.7. The van der Waals surface area contributed by atoms with Crippen molar-refractivity contribution in [1.82, 2.24) is 39.9 Å². The van der Waals surface area contributed by atoms with Crippen LogP contribution in [0.25, 0.3) is 167 Å². The zero-order chi connectivity index (χ0) is 87.4. The molecule has 1 atom stereocenters. The van der Waals surface area contributed by atoms with Crippen molar-refractivity contribution >= 4 is 66.1 Å². The standard InChI is InChI=1S/C24H15FNO.C23H12F3N2O.C23H14FN2O.C14H14N.2C11H8N.3Ir/c1-15-9-10-16(13-21(15)25)17-11-12-26-22(14-17)20-7-4-6-19-18-5-2-3-8-23(18)27-24(19)20;1-12-5-6-16-15-3-2-4-17(22(15)29-23(16)28-12)20-11-13(7-8-27-20)14-9-18(24)21(26)19(25)10-14;1-14-5-10-19-18-3-2-4-20(22(18)27-23(19)26-14)21-13-16(11-12-25-21)15-6-8-17(24)9-7-15;1-11(2)13-8-9-14(15-10-13)12-6-4-3-5-7-12;2*1-2-6-10(7-3-1)11-8-4-5-9-12-11;;;/h2-6,8-14H,1H3;2-3,5-11H,1H3;2-3,5-13H,1H3;3-6,8-11H,1-2H3;2*1-6,8-9H;;;/q6*-1;;;/i;;;1D3,11D;;;;;. The zero-order valence-electron chi connectivity index (χ0n) is 70.9. The van der Waals surface area contributed by atoms with Gasteiger partial charge in [0.15, 0.2) is 17.5 Å². The van der Waals surface area contributed by atoms with E-state index in [2.05, 4.69) is 76.3 Å². The zero-order valence-corrected chi connectivity index (χ0v) is 74.1. The first kappa shape index (κ1) is 83.7. The molecule has 19 heteroatoms. The average molecular weight is 2180 g/mol. The fourth-order valence-corrected chi connectivity index (χ4v) is 13.5. The minimum atomic E-state index is -2.38. The van der Waals surface area contributed by atoms with Crippen LogP contribution in [0.5, 0.6) is 0 Å². The molecule has 0 bridgehead atoms. The largest absolute Gasteiger partial charge is 0.501 e. The van der Waals surface area contributed by atoms with Gasteiger partial charge in [-0.05, 0) is 196 Å². The summed E-state index contributed by atoms with van der Waals surface area (Å²) in [6.07, 6.45) is 10.0. The van der Waals surface area contributed by atoms with E-state index in [0.29, 0.717) is 56.2 Å². The Morgan fingerprint density at radius 2 is 0.744 bits per heavy atom. The molecule has 621 valence electrons. The van der Waals surface area contributed by atoms with Crippen molar-refractivity contribution in [3.63, 3.8) is 0 Å². The second kappa shape index (κ2) is 41.5. The van der Waals surface area contributed by atoms with Crippen LogP contribution in [-0.2, 0) is 60.3 Å². The summed E-state index contributed by atoms with van der Waals surface area (Å²) < 4.78 is 116. The van der Waals surface area contributed by atoms with Gasteiger partial charge in [0.05, 0.1) is 16.7 Å². The maximum absolute atomic E-state index is 14.0. The summed E-state index contributed by atoms with van der Waals surface area (Å²) in [5.74, 6) is -6.10. The number of para-hydroxylation sites is 1. The van der Waals surface area contributed by atoms with E-state index in [4.69, 9.17) is 18.7 Å². The number of pyridine rings is 8. The molecule has 21 aromatic rings. The molecular weight excluding hydrogens is 2100 g/mol. The Balaban J connectivity index is 0.000000135. The van der Waals surface area contributed by atoms with Crippen LogP contribution in [0.4, 0.5) is 22.0 Å². The summed E-state index contributed by atoms with van der Waals surface area (Å²) in [5.41, 5.74) is 20.8. The van der Waals surface area contributed by atoms with Gasteiger partial charge in [0.1, 0.15) is 17.2 Å². The van der Waals surface area contributed by atoms with Crippen molar-refractivity contribution in [2.75, 3.05) is 0 Å². The van der Waals surface area contributed by atoms with Crippen LogP contribution in [0.15, 0.2) is 348 Å². The van der Waals surface area contributed by atoms with E-state index in [0.717, 1.165) is 140 Å². The molecule has 0 saturated carbocycles. The Labute approximate surface area is 765 Å². The average Bonchev–Trinajstić information content (AvgIpc) is 1.65. The summed E-state index contributed by atoms with van der Waals surface area (Å²) >= 11 is 0. The number of hydrogen-bond acceptors (Lipinski definition) is 11. The SMILES string of the molecule is Cc1ccc(-c2ccnc(-c3[c-]ccc4c3oc3ccccc34)c2)cc1F.Cc1ccc2c(n1)oc1c(-c3cc(-c4cc(F)c(F)c(F)c4)ccn3)[c-]ccc12.Cc1ccc2c(n1)oc1c(-c3cc(-c4ccc(F)cc4)ccn3)[c-]ccc12.[2H]C([2H])([2H])C([2H])(C)c1ccc(-c2[c-]cccc2)nc1.[Ir].[Ir].[Ir].[c-]1ccccc1-c1ccccn1.[c-]1ccccc1-c1ccccn1. The second-order valence-corrected chi connectivity index (χ2v) is 28.0. The Bertz CT molecular complexity index is 7250. The van der Waals surface area contributed by atoms with E-state index < -0.39 is 30.2 Å². The van der Waals surface area contributed by atoms with Gasteiger partial charge in [-0.15, -0.1) is 162 Å². The number of nitrogens with zero attached hydrogens (tertiary/aromatic N) is 8. The summed E-state index contributed by atoms with van der Waals surface area (Å²) in [6, 6.07) is 109. The van der Waals surface area contributed by atoms with E-state index in [-0.39, 0.29) is 77.5 Å². The molecule has 0 fully saturated rings. The van der Waals surface area contributed by atoms with Crippen LogP contribution in [-0.4, -0.2) is 39.9 Å². The van der Waals surface area contributed by atoms with Gasteiger partial charge in [-0.1, -0.05) is 144 Å². The number of fused-ring (bicyclic) bond motifs is 9. The smallest absolute Gasteiger partial charge is 0.216 e. The topological polar surface area (TPSA) is 143 Å². The van der Waals surface area contributed by atoms with Crippen molar-refractivity contribution in [2.24, 2.45) is 0 Å². The van der Waals surface area contributed by atoms with Gasteiger partial charge in [-0.3, -0.25) is 0 Å². The number of aromatic nitrogens is 8. The van der Waals surface area contributed by atoms with Gasteiger partial charge in [0.25, 0.3) is 0 Å². The summed E-state index contributed by atoms with van der Waals surface area (Å²) in [7, 11) is 0. The molecule has 0 amide bonds. The molecule has 11 aromatic heterocycles. The maximum Gasteiger partial charge on any atom is 0.216 e. The van der Waals surface area contributed by atoms with E-state index in [9.17, 15) is 22.0 Å². The monoisotopic (exact) mass is 2180 g/mol. The molecule has 11 nitrogen and oxygen atoms in total. The number of halogens is 5. The minimum absolute atomic E-state index is 0. The van der Waals surface area contributed by atoms with Crippen LogP contribution >= 0.6 is 0 Å². The maximum atomic E-state index is 14.0. The number of hydrogen-bond donors (Lipinski definition) is 0. The molecule has 11 heterocycles. The van der Waals surface area contributed by atoms with Crippen molar-refractivity contribution in [1.29, 1.82) is 0 Å². The number of benzene rings is 10. The number of furan rings is 3. The van der Waals surface area contributed by atoms with Crippen LogP contribution in [0.2, 0.25) is 0 Å². The molecular formula is C106H71F5Ir3N8O3-6. The molecule has 0 spiro atoms. The normalized spacial score (nSPS) is 11.7. The molecule has 0 aliphatic carbocycles. The molecule has 0 saturated heterocycles. The first-order valence-corrected chi connectivity index (χ1v) is 38.7. The van der Waals surface area contributed by atoms with Gasteiger partial charge >= 0.3 is 0 Å². The van der Waals surface area contributed by atoms with E-state index in [1.807, 2.05) is 226 Å². The van der Waals surface area contributed by atoms with Crippen molar-refractivity contribution in [3.8, 4) is 101 Å². The fourth-order valence-electron chi connectivity index (χ4n) is 13.5. The van der Waals surface area contributed by atoms with Gasteiger partial charge < -0.3 is 43.2 Å². The Kier molecular flexibility index (Phi) is 27.8. The van der Waals surface area contributed by atoms with Gasteiger partial charge in [0.2, 0.25) is 11.4 Å². The molecule has 0 N–H and O–H groups in total. The van der Waals surface area contributed by atoms with Gasteiger partial charge in [0, 0.05) is 131 Å². The van der Waals surface area contributed by atoms with E-state index in [1.165, 1.54) is 31.5 Å². The van der Waals surface area contributed by atoms with Crippen molar-refractivity contribution in [2.45, 2.75) is 40.4 Å². The molecule has 0 aliphatic rings. The van der Waals surface area contributed by atoms with E-state index in [1.54, 1.807) is 92.4 Å². The Hall–Kier alpha value is -13.6. The first-order chi connectivity index (χ1) is 61.2. The van der Waals surface area contributed by atoms with Crippen molar-refractivity contribution < 1.29 is 101 Å². The van der Waals surface area contributed by atoms with Crippen LogP contribution in [0, 0.1) is 86.3 Å². The number of aryl methyl sites for hydroxylation is 3.